The minimum absolute atomic E-state index is 0.312. The predicted molar refractivity (Wildman–Crippen MR) is 63.0 cm³/mol. The molecule has 0 radical (unpaired) electrons. The highest BCUT2D eigenvalue weighted by molar-refractivity contribution is 5.94. The zero-order valence-corrected chi connectivity index (χ0v) is 10.5. The van der Waals surface area contributed by atoms with E-state index in [-0.39, 0.29) is 5.56 Å². The lowest BCUT2D eigenvalue weighted by Gasteiger charge is -2.34. The zero-order valence-electron chi connectivity index (χ0n) is 10.5. The predicted octanol–water partition coefficient (Wildman–Crippen LogP) is 2.13. The van der Waals surface area contributed by atoms with Gasteiger partial charge in [0.25, 0.3) is 5.91 Å². The highest BCUT2D eigenvalue weighted by atomic mass is 19.2. The van der Waals surface area contributed by atoms with Crippen molar-refractivity contribution >= 4 is 5.91 Å². The highest BCUT2D eigenvalue weighted by Crippen LogP contribution is 2.30. The number of hydrogen-bond donors (Lipinski definition) is 0. The maximum Gasteiger partial charge on any atom is 0.257 e. The number of carbonyl (C=O) groups is 1. The van der Waals surface area contributed by atoms with Gasteiger partial charge < -0.3 is 4.90 Å². The number of aromatic nitrogens is 1. The van der Waals surface area contributed by atoms with Crippen molar-refractivity contribution in [3.05, 3.63) is 29.6 Å². The Bertz CT molecular complexity index is 545. The molecule has 1 saturated heterocycles. The Labute approximate surface area is 109 Å². The monoisotopic (exact) mass is 265 g/mol. The number of halogens is 2. The average Bonchev–Trinajstić information content (AvgIpc) is 2.42. The van der Waals surface area contributed by atoms with Crippen molar-refractivity contribution in [2.75, 3.05) is 13.1 Å². The van der Waals surface area contributed by atoms with Crippen LogP contribution in [0.3, 0.4) is 0 Å². The van der Waals surface area contributed by atoms with E-state index in [1.54, 1.807) is 0 Å². The van der Waals surface area contributed by atoms with Gasteiger partial charge in [0.1, 0.15) is 0 Å². The van der Waals surface area contributed by atoms with E-state index in [0.717, 1.165) is 6.20 Å². The van der Waals surface area contributed by atoms with E-state index in [0.29, 0.717) is 25.9 Å². The van der Waals surface area contributed by atoms with Crippen LogP contribution < -0.4 is 0 Å². The minimum Gasteiger partial charge on any atom is -0.338 e. The summed E-state index contributed by atoms with van der Waals surface area (Å²) in [6, 6.07) is 3.38. The van der Waals surface area contributed by atoms with Gasteiger partial charge >= 0.3 is 0 Å². The van der Waals surface area contributed by atoms with Crippen LogP contribution in [0.5, 0.6) is 0 Å². The molecular weight excluding hydrogens is 252 g/mol. The molecule has 0 N–H and O–H groups in total. The third-order valence-corrected chi connectivity index (χ3v) is 3.50. The molecule has 0 saturated carbocycles. The van der Waals surface area contributed by atoms with Crippen LogP contribution in [0.1, 0.15) is 30.1 Å². The molecule has 0 spiro atoms. The van der Waals surface area contributed by atoms with Crippen molar-refractivity contribution in [2.24, 2.45) is 5.41 Å². The number of pyridine rings is 1. The summed E-state index contributed by atoms with van der Waals surface area (Å²) < 4.78 is 26.5. The summed E-state index contributed by atoms with van der Waals surface area (Å²) in [5, 5.41) is 9.00. The Balaban J connectivity index is 2.15. The van der Waals surface area contributed by atoms with E-state index in [1.807, 2.05) is 6.92 Å². The van der Waals surface area contributed by atoms with E-state index in [9.17, 15) is 13.6 Å². The van der Waals surface area contributed by atoms with Crippen molar-refractivity contribution in [3.63, 3.8) is 0 Å². The summed E-state index contributed by atoms with van der Waals surface area (Å²) in [6.07, 6.45) is 2.13. The molecule has 0 bridgehead atoms. The molecule has 1 fully saturated rings. The van der Waals surface area contributed by atoms with Crippen LogP contribution in [0.4, 0.5) is 8.78 Å². The van der Waals surface area contributed by atoms with Crippen LogP contribution in [-0.4, -0.2) is 28.9 Å². The smallest absolute Gasteiger partial charge is 0.257 e. The quantitative estimate of drug-likeness (QED) is 0.731. The number of nitrogens with zero attached hydrogens (tertiary/aromatic N) is 3. The molecule has 0 aliphatic carbocycles. The van der Waals surface area contributed by atoms with Gasteiger partial charge in [0.2, 0.25) is 5.95 Å². The molecule has 0 atom stereocenters. The SMILES string of the molecule is CC1(C#N)CCN(C(=O)c2ccnc(F)c2F)CC1. The van der Waals surface area contributed by atoms with Crippen LogP contribution >= 0.6 is 0 Å². The number of nitriles is 1. The van der Waals surface area contributed by atoms with E-state index < -0.39 is 23.1 Å². The Morgan fingerprint density at radius 3 is 2.68 bits per heavy atom. The second-order valence-electron chi connectivity index (χ2n) is 4.93. The van der Waals surface area contributed by atoms with Crippen molar-refractivity contribution < 1.29 is 13.6 Å². The van der Waals surface area contributed by atoms with Gasteiger partial charge in [-0.1, -0.05) is 0 Å². The number of hydrogen-bond acceptors (Lipinski definition) is 3. The average molecular weight is 265 g/mol. The Hall–Kier alpha value is -2.03. The molecule has 2 heterocycles. The molecule has 1 aromatic heterocycles. The molecule has 2 rings (SSSR count). The Kier molecular flexibility index (Phi) is 3.47. The number of rotatable bonds is 1. The zero-order chi connectivity index (χ0) is 14.0. The largest absolute Gasteiger partial charge is 0.338 e. The fourth-order valence-electron chi connectivity index (χ4n) is 2.07. The lowest BCUT2D eigenvalue weighted by atomic mass is 9.82. The van der Waals surface area contributed by atoms with Crippen LogP contribution in [-0.2, 0) is 0 Å². The first kappa shape index (κ1) is 13.4. The third kappa shape index (κ3) is 2.55. The molecule has 1 aliphatic rings. The van der Waals surface area contributed by atoms with Crippen molar-refractivity contribution in [1.29, 1.82) is 5.26 Å². The Morgan fingerprint density at radius 2 is 2.11 bits per heavy atom. The number of carbonyl (C=O) groups excluding carboxylic acids is 1. The standard InChI is InChI=1S/C13H13F2N3O/c1-13(8-16)3-6-18(7-4-13)12(19)9-2-5-17-11(15)10(9)14/h2,5H,3-4,6-7H2,1H3. The van der Waals surface area contributed by atoms with Gasteiger partial charge in [0.05, 0.1) is 17.0 Å². The van der Waals surface area contributed by atoms with E-state index in [4.69, 9.17) is 5.26 Å². The Morgan fingerprint density at radius 1 is 1.47 bits per heavy atom. The maximum atomic E-state index is 13.5. The van der Waals surface area contributed by atoms with Gasteiger partial charge in [-0.25, -0.2) is 9.37 Å². The van der Waals surface area contributed by atoms with Gasteiger partial charge in [-0.2, -0.15) is 9.65 Å². The first-order valence-corrected chi connectivity index (χ1v) is 5.97. The molecule has 4 nitrogen and oxygen atoms in total. The summed E-state index contributed by atoms with van der Waals surface area (Å²) in [6.45, 7) is 2.57. The summed E-state index contributed by atoms with van der Waals surface area (Å²) >= 11 is 0. The van der Waals surface area contributed by atoms with Gasteiger partial charge in [0.15, 0.2) is 5.82 Å². The molecule has 100 valence electrons. The third-order valence-electron chi connectivity index (χ3n) is 3.50. The van der Waals surface area contributed by atoms with Gasteiger partial charge in [-0.15, -0.1) is 0 Å². The fourth-order valence-corrected chi connectivity index (χ4v) is 2.07. The van der Waals surface area contributed by atoms with Crippen LogP contribution in [0.2, 0.25) is 0 Å². The molecule has 1 aliphatic heterocycles. The second-order valence-corrected chi connectivity index (χ2v) is 4.93. The van der Waals surface area contributed by atoms with Crippen LogP contribution in [0.15, 0.2) is 12.3 Å². The summed E-state index contributed by atoms with van der Waals surface area (Å²) in [5.74, 6) is -3.05. The minimum atomic E-state index is -1.27. The summed E-state index contributed by atoms with van der Waals surface area (Å²) in [5.41, 5.74) is -0.758. The van der Waals surface area contributed by atoms with E-state index in [2.05, 4.69) is 11.1 Å². The van der Waals surface area contributed by atoms with Gasteiger partial charge in [-0.05, 0) is 25.8 Å². The van der Waals surface area contributed by atoms with E-state index in [1.165, 1.54) is 11.0 Å². The first-order valence-electron chi connectivity index (χ1n) is 5.97. The topological polar surface area (TPSA) is 57.0 Å². The van der Waals surface area contributed by atoms with Crippen LogP contribution in [0.25, 0.3) is 0 Å². The lowest BCUT2D eigenvalue weighted by molar-refractivity contribution is 0.0655. The molecule has 6 heteroatoms. The highest BCUT2D eigenvalue weighted by Gasteiger charge is 2.33. The molecular formula is C13H13F2N3O. The molecule has 19 heavy (non-hydrogen) atoms. The van der Waals surface area contributed by atoms with Gasteiger partial charge in [-0.3, -0.25) is 4.79 Å². The molecule has 0 unspecified atom stereocenters. The molecule has 1 amide bonds. The normalized spacial score (nSPS) is 17.9. The lowest BCUT2D eigenvalue weighted by Crippen LogP contribution is -2.42. The first-order chi connectivity index (χ1) is 8.97. The number of piperidine rings is 1. The second kappa shape index (κ2) is 4.92. The van der Waals surface area contributed by atoms with Crippen molar-refractivity contribution in [2.45, 2.75) is 19.8 Å². The van der Waals surface area contributed by atoms with Crippen LogP contribution in [0, 0.1) is 28.5 Å². The fraction of sp³-hybridized carbons (Fsp3) is 0.462. The molecule has 0 aromatic carbocycles. The summed E-state index contributed by atoms with van der Waals surface area (Å²) in [7, 11) is 0. The molecule has 1 aromatic rings. The van der Waals surface area contributed by atoms with Crippen molar-refractivity contribution in [3.8, 4) is 6.07 Å². The van der Waals surface area contributed by atoms with Gasteiger partial charge in [0, 0.05) is 19.3 Å². The number of likely N-dealkylation sites (tertiary alicyclic amines) is 1. The van der Waals surface area contributed by atoms with E-state index >= 15 is 0 Å². The maximum absolute atomic E-state index is 13.5. The van der Waals surface area contributed by atoms with Crippen molar-refractivity contribution in [1.82, 2.24) is 9.88 Å². The number of amides is 1. The summed E-state index contributed by atoms with van der Waals surface area (Å²) in [4.78, 5) is 16.7.